The summed E-state index contributed by atoms with van der Waals surface area (Å²) in [6.07, 6.45) is 0. The van der Waals surface area contributed by atoms with Crippen LogP contribution in [0.15, 0.2) is 23.1 Å². The number of rotatable bonds is 5. The molecule has 0 bridgehead atoms. The molecule has 0 amide bonds. The zero-order valence-electron chi connectivity index (χ0n) is 9.13. The van der Waals surface area contributed by atoms with Crippen molar-refractivity contribution < 1.29 is 27.9 Å². The van der Waals surface area contributed by atoms with Crippen molar-refractivity contribution in [1.82, 2.24) is 4.89 Å². The second-order valence-electron chi connectivity index (χ2n) is 2.96. The standard InChI is InChI=1S/C9H11NO6S/c1-15-7-4-3-6(9(11)12)5-8(7)17(13,14)10-16-2/h3-5,10H,1-2H3,(H,11,12). The van der Waals surface area contributed by atoms with Crippen LogP contribution in [0, 0.1) is 0 Å². The zero-order valence-corrected chi connectivity index (χ0v) is 9.95. The van der Waals surface area contributed by atoms with Gasteiger partial charge >= 0.3 is 5.97 Å². The van der Waals surface area contributed by atoms with Gasteiger partial charge in [-0.25, -0.2) is 13.2 Å². The van der Waals surface area contributed by atoms with Crippen molar-refractivity contribution in [1.29, 1.82) is 0 Å². The number of carbonyl (C=O) groups is 1. The zero-order chi connectivity index (χ0) is 13.1. The number of benzene rings is 1. The van der Waals surface area contributed by atoms with Gasteiger partial charge in [-0.1, -0.05) is 4.89 Å². The Balaban J connectivity index is 3.38. The first kappa shape index (κ1) is 13.4. The lowest BCUT2D eigenvalue weighted by Gasteiger charge is -2.09. The molecule has 17 heavy (non-hydrogen) atoms. The minimum absolute atomic E-state index is 0.0274. The first-order valence-corrected chi connectivity index (χ1v) is 5.87. The number of carboxylic acid groups (broad SMARTS) is 1. The van der Waals surface area contributed by atoms with Crippen molar-refractivity contribution >= 4 is 16.0 Å². The van der Waals surface area contributed by atoms with E-state index in [-0.39, 0.29) is 16.2 Å². The lowest BCUT2D eigenvalue weighted by Crippen LogP contribution is -2.23. The van der Waals surface area contributed by atoms with Crippen molar-refractivity contribution in [3.63, 3.8) is 0 Å². The van der Waals surface area contributed by atoms with Crippen LogP contribution in [0.4, 0.5) is 0 Å². The van der Waals surface area contributed by atoms with Gasteiger partial charge in [-0.15, -0.1) is 0 Å². The van der Waals surface area contributed by atoms with Gasteiger partial charge in [0.25, 0.3) is 10.0 Å². The normalized spacial score (nSPS) is 11.2. The minimum atomic E-state index is -3.97. The Kier molecular flexibility index (Phi) is 4.05. The summed E-state index contributed by atoms with van der Waals surface area (Å²) in [7, 11) is -1.56. The van der Waals surface area contributed by atoms with E-state index in [4.69, 9.17) is 9.84 Å². The first-order chi connectivity index (χ1) is 7.92. The molecule has 0 unspecified atom stereocenters. The lowest BCUT2D eigenvalue weighted by molar-refractivity contribution is 0.0696. The van der Waals surface area contributed by atoms with Crippen LogP contribution in [0.5, 0.6) is 5.75 Å². The van der Waals surface area contributed by atoms with E-state index in [1.807, 2.05) is 0 Å². The SMILES string of the molecule is CONS(=O)(=O)c1cc(C(=O)O)ccc1OC. The smallest absolute Gasteiger partial charge is 0.335 e. The summed E-state index contributed by atoms with van der Waals surface area (Å²) < 4.78 is 28.2. The van der Waals surface area contributed by atoms with Gasteiger partial charge in [0.15, 0.2) is 0 Å². The number of sulfonamides is 1. The van der Waals surface area contributed by atoms with Crippen LogP contribution in [-0.4, -0.2) is 33.7 Å². The average molecular weight is 261 g/mol. The van der Waals surface area contributed by atoms with Crippen molar-refractivity contribution in [3.8, 4) is 5.75 Å². The fourth-order valence-corrected chi connectivity index (χ4v) is 2.18. The number of methoxy groups -OCH3 is 1. The Bertz CT molecular complexity index is 524. The predicted molar refractivity (Wildman–Crippen MR) is 57.3 cm³/mol. The molecule has 0 aromatic heterocycles. The largest absolute Gasteiger partial charge is 0.495 e. The number of aromatic carboxylic acids is 1. The number of nitrogens with one attached hydrogen (secondary N) is 1. The summed E-state index contributed by atoms with van der Waals surface area (Å²) in [5, 5.41) is 8.78. The van der Waals surface area contributed by atoms with E-state index in [0.29, 0.717) is 0 Å². The maximum Gasteiger partial charge on any atom is 0.335 e. The molecule has 0 radical (unpaired) electrons. The van der Waals surface area contributed by atoms with Crippen LogP contribution in [0.25, 0.3) is 0 Å². The summed E-state index contributed by atoms with van der Waals surface area (Å²) in [5.41, 5.74) is -0.165. The molecule has 0 spiro atoms. The van der Waals surface area contributed by atoms with Gasteiger partial charge in [0.05, 0.1) is 19.8 Å². The van der Waals surface area contributed by atoms with Gasteiger partial charge in [-0.3, -0.25) is 4.84 Å². The second kappa shape index (κ2) is 5.13. The lowest BCUT2D eigenvalue weighted by atomic mass is 10.2. The summed E-state index contributed by atoms with van der Waals surface area (Å²) >= 11 is 0. The van der Waals surface area contributed by atoms with Gasteiger partial charge in [-0.2, -0.15) is 0 Å². The Hall–Kier alpha value is -1.64. The quantitative estimate of drug-likeness (QED) is 0.736. The molecule has 2 N–H and O–H groups in total. The van der Waals surface area contributed by atoms with Crippen LogP contribution in [0.2, 0.25) is 0 Å². The highest BCUT2D eigenvalue weighted by Crippen LogP contribution is 2.24. The first-order valence-electron chi connectivity index (χ1n) is 4.38. The van der Waals surface area contributed by atoms with Gasteiger partial charge < -0.3 is 9.84 Å². The monoisotopic (exact) mass is 261 g/mol. The number of hydrogen-bond donors (Lipinski definition) is 2. The maximum atomic E-state index is 11.7. The van der Waals surface area contributed by atoms with Crippen LogP contribution in [0.3, 0.4) is 0 Å². The molecule has 0 saturated heterocycles. The van der Waals surface area contributed by atoms with Gasteiger partial charge in [0, 0.05) is 0 Å². The van der Waals surface area contributed by atoms with Gasteiger partial charge in [0.1, 0.15) is 10.6 Å². The highest BCUT2D eigenvalue weighted by atomic mass is 32.2. The molecule has 0 aliphatic carbocycles. The molecule has 0 aliphatic rings. The van der Waals surface area contributed by atoms with E-state index in [0.717, 1.165) is 13.2 Å². The number of hydrogen-bond acceptors (Lipinski definition) is 5. The molecular weight excluding hydrogens is 250 g/mol. The molecule has 94 valence electrons. The fraction of sp³-hybridized carbons (Fsp3) is 0.222. The maximum absolute atomic E-state index is 11.7. The second-order valence-corrected chi connectivity index (χ2v) is 4.58. The molecular formula is C9H11NO6S. The van der Waals surface area contributed by atoms with Crippen molar-refractivity contribution in [2.24, 2.45) is 0 Å². The predicted octanol–water partition coefficient (Wildman–Crippen LogP) is 0.233. The summed E-state index contributed by atoms with van der Waals surface area (Å²) in [4.78, 5) is 16.5. The Morgan fingerprint density at radius 1 is 1.35 bits per heavy atom. The van der Waals surface area contributed by atoms with Crippen LogP contribution < -0.4 is 9.62 Å². The Morgan fingerprint density at radius 2 is 2.00 bits per heavy atom. The molecule has 1 aromatic rings. The van der Waals surface area contributed by atoms with Crippen LogP contribution in [0.1, 0.15) is 10.4 Å². The number of ether oxygens (including phenoxy) is 1. The van der Waals surface area contributed by atoms with E-state index in [9.17, 15) is 13.2 Å². The molecule has 0 fully saturated rings. The molecule has 0 atom stereocenters. The van der Waals surface area contributed by atoms with Gasteiger partial charge in [0.2, 0.25) is 0 Å². The minimum Gasteiger partial charge on any atom is -0.495 e. The van der Waals surface area contributed by atoms with E-state index in [2.05, 4.69) is 4.84 Å². The van der Waals surface area contributed by atoms with Crippen molar-refractivity contribution in [2.45, 2.75) is 4.90 Å². The third-order valence-electron chi connectivity index (χ3n) is 1.89. The molecule has 7 nitrogen and oxygen atoms in total. The molecule has 1 rings (SSSR count). The molecule has 0 heterocycles. The van der Waals surface area contributed by atoms with Crippen molar-refractivity contribution in [2.75, 3.05) is 14.2 Å². The van der Waals surface area contributed by atoms with Crippen molar-refractivity contribution in [3.05, 3.63) is 23.8 Å². The van der Waals surface area contributed by atoms with E-state index < -0.39 is 16.0 Å². The molecule has 8 heteroatoms. The molecule has 0 saturated carbocycles. The third kappa shape index (κ3) is 2.93. The average Bonchev–Trinajstić information content (AvgIpc) is 2.28. The highest BCUT2D eigenvalue weighted by molar-refractivity contribution is 7.89. The van der Waals surface area contributed by atoms with Crippen LogP contribution >= 0.6 is 0 Å². The topological polar surface area (TPSA) is 102 Å². The van der Waals surface area contributed by atoms with E-state index >= 15 is 0 Å². The van der Waals surface area contributed by atoms with Gasteiger partial charge in [-0.05, 0) is 18.2 Å². The Labute approximate surface area is 98.0 Å². The highest BCUT2D eigenvalue weighted by Gasteiger charge is 2.21. The van der Waals surface area contributed by atoms with E-state index in [1.165, 1.54) is 19.2 Å². The third-order valence-corrected chi connectivity index (χ3v) is 3.18. The molecule has 0 aliphatic heterocycles. The Morgan fingerprint density at radius 3 is 2.47 bits per heavy atom. The number of carboxylic acids is 1. The fourth-order valence-electron chi connectivity index (χ4n) is 1.17. The summed E-state index contributed by atoms with van der Waals surface area (Å²) in [5.74, 6) is -1.21. The summed E-state index contributed by atoms with van der Waals surface area (Å²) in [6.45, 7) is 0. The van der Waals surface area contributed by atoms with Crippen LogP contribution in [-0.2, 0) is 14.9 Å². The summed E-state index contributed by atoms with van der Waals surface area (Å²) in [6, 6.07) is 3.49. The molecule has 1 aromatic carbocycles. The van der Waals surface area contributed by atoms with E-state index in [1.54, 1.807) is 4.89 Å².